The van der Waals surface area contributed by atoms with Crippen LogP contribution in [0.1, 0.15) is 12.0 Å². The highest BCUT2D eigenvalue weighted by Gasteiger charge is 2.16. The maximum absolute atomic E-state index is 5.50. The molecule has 4 heteroatoms. The molecule has 1 aromatic rings. The van der Waals surface area contributed by atoms with Crippen LogP contribution in [0.15, 0.2) is 18.2 Å². The molecule has 0 unspecified atom stereocenters. The van der Waals surface area contributed by atoms with Crippen molar-refractivity contribution in [1.29, 1.82) is 0 Å². The number of para-hydroxylation sites is 1. The topological polar surface area (TPSA) is 24.9 Å². The Hall–Kier alpha value is -1.26. The van der Waals surface area contributed by atoms with Gasteiger partial charge in [0.05, 0.1) is 14.2 Å². The van der Waals surface area contributed by atoms with Crippen LogP contribution in [-0.2, 0) is 6.54 Å². The summed E-state index contributed by atoms with van der Waals surface area (Å²) >= 11 is 0. The van der Waals surface area contributed by atoms with Gasteiger partial charge < -0.3 is 14.4 Å². The molecule has 0 amide bonds. The van der Waals surface area contributed by atoms with Crippen LogP contribution in [0.5, 0.6) is 11.5 Å². The van der Waals surface area contributed by atoms with Gasteiger partial charge >= 0.3 is 0 Å². The molecule has 0 N–H and O–H groups in total. The molecule has 0 aliphatic carbocycles. The lowest BCUT2D eigenvalue weighted by atomic mass is 10.1. The molecular formula is C15H24N2O2. The van der Waals surface area contributed by atoms with E-state index in [1.165, 1.54) is 18.5 Å². The zero-order valence-electron chi connectivity index (χ0n) is 12.2. The van der Waals surface area contributed by atoms with Gasteiger partial charge in [0, 0.05) is 25.2 Å². The molecule has 1 aliphatic heterocycles. The van der Waals surface area contributed by atoms with E-state index in [1.807, 2.05) is 12.1 Å². The van der Waals surface area contributed by atoms with Crippen LogP contribution < -0.4 is 9.47 Å². The summed E-state index contributed by atoms with van der Waals surface area (Å²) in [5, 5.41) is 0. The molecule has 0 radical (unpaired) electrons. The summed E-state index contributed by atoms with van der Waals surface area (Å²) in [6.07, 6.45) is 1.22. The number of hydrogen-bond donors (Lipinski definition) is 0. The van der Waals surface area contributed by atoms with Gasteiger partial charge in [-0.15, -0.1) is 0 Å². The predicted molar refractivity (Wildman–Crippen MR) is 76.9 cm³/mol. The lowest BCUT2D eigenvalue weighted by Crippen LogP contribution is -2.28. The van der Waals surface area contributed by atoms with Gasteiger partial charge in [-0.2, -0.15) is 0 Å². The van der Waals surface area contributed by atoms with E-state index in [4.69, 9.17) is 9.47 Å². The van der Waals surface area contributed by atoms with Gasteiger partial charge in [0.15, 0.2) is 11.5 Å². The maximum atomic E-state index is 5.50. The minimum Gasteiger partial charge on any atom is -0.493 e. The van der Waals surface area contributed by atoms with Gasteiger partial charge in [-0.1, -0.05) is 12.1 Å². The molecule has 106 valence electrons. The minimum absolute atomic E-state index is 0.812. The third-order valence-corrected chi connectivity index (χ3v) is 3.69. The van der Waals surface area contributed by atoms with Gasteiger partial charge in [-0.3, -0.25) is 4.90 Å². The number of rotatable bonds is 4. The molecule has 19 heavy (non-hydrogen) atoms. The molecule has 0 atom stereocenters. The molecule has 1 fully saturated rings. The lowest BCUT2D eigenvalue weighted by Gasteiger charge is -2.22. The Morgan fingerprint density at radius 3 is 2.63 bits per heavy atom. The van der Waals surface area contributed by atoms with Crippen LogP contribution in [0, 0.1) is 0 Å². The summed E-state index contributed by atoms with van der Waals surface area (Å²) in [6.45, 7) is 5.49. The van der Waals surface area contributed by atoms with Crippen LogP contribution >= 0.6 is 0 Å². The lowest BCUT2D eigenvalue weighted by molar-refractivity contribution is 0.263. The third kappa shape index (κ3) is 3.61. The first-order valence-electron chi connectivity index (χ1n) is 6.85. The van der Waals surface area contributed by atoms with Crippen molar-refractivity contribution < 1.29 is 9.47 Å². The number of likely N-dealkylation sites (N-methyl/N-ethyl adjacent to an activating group) is 1. The van der Waals surface area contributed by atoms with E-state index in [1.54, 1.807) is 14.2 Å². The first kappa shape index (κ1) is 14.2. The molecule has 1 aromatic carbocycles. The maximum Gasteiger partial charge on any atom is 0.165 e. The van der Waals surface area contributed by atoms with Crippen molar-refractivity contribution in [3.8, 4) is 11.5 Å². The van der Waals surface area contributed by atoms with Gasteiger partial charge in [0.1, 0.15) is 0 Å². The number of benzene rings is 1. The summed E-state index contributed by atoms with van der Waals surface area (Å²) in [7, 11) is 5.58. The van der Waals surface area contributed by atoms with Crippen molar-refractivity contribution >= 4 is 0 Å². The van der Waals surface area contributed by atoms with Gasteiger partial charge in [-0.25, -0.2) is 0 Å². The second-order valence-corrected chi connectivity index (χ2v) is 5.09. The first-order chi connectivity index (χ1) is 9.24. The van der Waals surface area contributed by atoms with Crippen molar-refractivity contribution in [3.63, 3.8) is 0 Å². The van der Waals surface area contributed by atoms with E-state index in [-0.39, 0.29) is 0 Å². The summed E-state index contributed by atoms with van der Waals surface area (Å²) < 4.78 is 10.9. The number of ether oxygens (including phenoxy) is 2. The fraction of sp³-hybridized carbons (Fsp3) is 0.600. The Morgan fingerprint density at radius 1 is 1.05 bits per heavy atom. The molecule has 1 aliphatic rings. The van der Waals surface area contributed by atoms with Gasteiger partial charge in [-0.05, 0) is 32.6 Å². The molecule has 1 saturated heterocycles. The highest BCUT2D eigenvalue weighted by Crippen LogP contribution is 2.31. The number of methoxy groups -OCH3 is 2. The Morgan fingerprint density at radius 2 is 1.89 bits per heavy atom. The van der Waals surface area contributed by atoms with E-state index in [2.05, 4.69) is 22.9 Å². The Labute approximate surface area is 115 Å². The average Bonchev–Trinajstić information content (AvgIpc) is 2.63. The van der Waals surface area contributed by atoms with Crippen molar-refractivity contribution in [2.24, 2.45) is 0 Å². The average molecular weight is 264 g/mol. The van der Waals surface area contributed by atoms with Crippen LogP contribution in [0.25, 0.3) is 0 Å². The fourth-order valence-electron chi connectivity index (χ4n) is 2.58. The first-order valence-corrected chi connectivity index (χ1v) is 6.85. The van der Waals surface area contributed by atoms with Crippen molar-refractivity contribution in [2.75, 3.05) is 47.4 Å². The second kappa shape index (κ2) is 6.78. The predicted octanol–water partition coefficient (Wildman–Crippen LogP) is 1.84. The molecule has 0 bridgehead atoms. The van der Waals surface area contributed by atoms with Crippen molar-refractivity contribution in [3.05, 3.63) is 23.8 Å². The van der Waals surface area contributed by atoms with Crippen LogP contribution in [0.2, 0.25) is 0 Å². The normalized spacial score (nSPS) is 18.1. The van der Waals surface area contributed by atoms with Crippen molar-refractivity contribution in [2.45, 2.75) is 13.0 Å². The molecule has 1 heterocycles. The van der Waals surface area contributed by atoms with Gasteiger partial charge in [0.25, 0.3) is 0 Å². The van der Waals surface area contributed by atoms with Gasteiger partial charge in [0.2, 0.25) is 0 Å². The van der Waals surface area contributed by atoms with E-state index in [0.717, 1.165) is 37.7 Å². The zero-order chi connectivity index (χ0) is 13.7. The van der Waals surface area contributed by atoms with E-state index < -0.39 is 0 Å². The summed E-state index contributed by atoms with van der Waals surface area (Å²) in [5.41, 5.74) is 1.20. The molecular weight excluding hydrogens is 240 g/mol. The fourth-order valence-corrected chi connectivity index (χ4v) is 2.58. The Bertz CT molecular complexity index is 409. The molecule has 0 saturated carbocycles. The molecule has 0 aromatic heterocycles. The van der Waals surface area contributed by atoms with Crippen LogP contribution in [0.3, 0.4) is 0 Å². The van der Waals surface area contributed by atoms with E-state index >= 15 is 0 Å². The smallest absolute Gasteiger partial charge is 0.165 e. The second-order valence-electron chi connectivity index (χ2n) is 5.09. The van der Waals surface area contributed by atoms with Crippen LogP contribution in [0.4, 0.5) is 0 Å². The van der Waals surface area contributed by atoms with Crippen molar-refractivity contribution in [1.82, 2.24) is 9.80 Å². The Kier molecular flexibility index (Phi) is 5.05. The number of nitrogens with zero attached hydrogens (tertiary/aromatic N) is 2. The monoisotopic (exact) mass is 264 g/mol. The van der Waals surface area contributed by atoms with E-state index in [9.17, 15) is 0 Å². The molecule has 0 spiro atoms. The standard InChI is InChI=1S/C15H24N2O2/c1-16-8-5-9-17(11-10-16)12-13-6-4-7-14(18-2)15(13)19-3/h4,6-7H,5,8-12H2,1-3H3. The summed E-state index contributed by atoms with van der Waals surface area (Å²) in [6, 6.07) is 6.09. The SMILES string of the molecule is COc1cccc(CN2CCCN(C)CC2)c1OC. The minimum atomic E-state index is 0.812. The highest BCUT2D eigenvalue weighted by atomic mass is 16.5. The Balaban J connectivity index is 2.09. The van der Waals surface area contributed by atoms with E-state index in [0.29, 0.717) is 0 Å². The van der Waals surface area contributed by atoms with Crippen LogP contribution in [-0.4, -0.2) is 57.2 Å². The molecule has 2 rings (SSSR count). The highest BCUT2D eigenvalue weighted by molar-refractivity contribution is 5.46. The molecule has 4 nitrogen and oxygen atoms in total. The number of hydrogen-bond acceptors (Lipinski definition) is 4. The zero-order valence-corrected chi connectivity index (χ0v) is 12.2. The third-order valence-electron chi connectivity index (χ3n) is 3.69. The quantitative estimate of drug-likeness (QED) is 0.828. The summed E-state index contributed by atoms with van der Waals surface area (Å²) in [5.74, 6) is 1.68. The summed E-state index contributed by atoms with van der Waals surface area (Å²) in [4.78, 5) is 4.88. The largest absolute Gasteiger partial charge is 0.493 e.